The molecular formula is C28H38N4O6S. The number of nitrogens with one attached hydrogen (secondary N) is 2. The molecule has 0 spiro atoms. The Morgan fingerprint density at radius 2 is 1.90 bits per heavy atom. The number of para-hydroxylation sites is 1. The summed E-state index contributed by atoms with van der Waals surface area (Å²) < 4.78 is 31.6. The fourth-order valence-electron chi connectivity index (χ4n) is 4.33. The molecule has 2 amide bonds. The Morgan fingerprint density at radius 1 is 1.13 bits per heavy atom. The van der Waals surface area contributed by atoms with E-state index in [1.165, 1.54) is 0 Å². The van der Waals surface area contributed by atoms with E-state index >= 15 is 0 Å². The van der Waals surface area contributed by atoms with Gasteiger partial charge in [-0.2, -0.15) is 4.41 Å². The molecule has 212 valence electrons. The molecule has 2 heterocycles. The fraction of sp³-hybridized carbons (Fsp3) is 0.464. The van der Waals surface area contributed by atoms with Gasteiger partial charge in [0.05, 0.1) is 23.8 Å². The van der Waals surface area contributed by atoms with Gasteiger partial charge in [0.1, 0.15) is 0 Å². The maximum absolute atomic E-state index is 13.7. The first-order valence-corrected chi connectivity index (χ1v) is 15.0. The van der Waals surface area contributed by atoms with Crippen LogP contribution >= 0.6 is 0 Å². The van der Waals surface area contributed by atoms with Gasteiger partial charge < -0.3 is 4.74 Å². The summed E-state index contributed by atoms with van der Waals surface area (Å²) in [5, 5.41) is 0. The zero-order chi connectivity index (χ0) is 28.3. The monoisotopic (exact) mass is 558 g/mol. The molecular weight excluding hydrogens is 520 g/mol. The van der Waals surface area contributed by atoms with Crippen LogP contribution in [0.2, 0.25) is 0 Å². The zero-order valence-electron chi connectivity index (χ0n) is 22.7. The van der Waals surface area contributed by atoms with Crippen LogP contribution in [0.15, 0.2) is 60.9 Å². The number of hydrogen-bond acceptors (Lipinski definition) is 7. The number of nitrogens with zero attached hydrogens (tertiary/aromatic N) is 2. The van der Waals surface area contributed by atoms with Crippen molar-refractivity contribution in [2.24, 2.45) is 17.8 Å². The molecule has 1 aliphatic rings. The topological polar surface area (TPSA) is 127 Å². The lowest BCUT2D eigenvalue weighted by molar-refractivity contribution is -0.203. The van der Waals surface area contributed by atoms with E-state index in [2.05, 4.69) is 15.9 Å². The number of hydroxylamine groups is 1. The number of anilines is 1. The highest BCUT2D eigenvalue weighted by atomic mass is 32.2. The molecule has 2 aromatic rings. The summed E-state index contributed by atoms with van der Waals surface area (Å²) in [4.78, 5) is 36.8. The third-order valence-electron chi connectivity index (χ3n) is 6.23. The third kappa shape index (κ3) is 9.76. The minimum Gasteiger partial charge on any atom is -0.350 e. The Hall–Kier alpha value is -3.28. The number of hydrogen-bond donors (Lipinski definition) is 2. The van der Waals surface area contributed by atoms with Crippen LogP contribution in [-0.4, -0.2) is 44.4 Å². The SMILES string of the molecule is CC(C)CC(C(=O)NN(c1ccccc1)S(C)(=O)=O)C(CC=Cc1cccnc1)C(=O)NO[C@@H]1CCCCO1. The molecule has 0 saturated carbocycles. The largest absolute Gasteiger partial charge is 0.350 e. The van der Waals surface area contributed by atoms with E-state index in [4.69, 9.17) is 9.57 Å². The molecule has 0 bridgehead atoms. The number of carbonyl (C=O) groups excluding carboxylic acids is 2. The molecule has 11 heteroatoms. The number of aromatic nitrogens is 1. The van der Waals surface area contributed by atoms with Gasteiger partial charge in [-0.1, -0.05) is 50.3 Å². The van der Waals surface area contributed by atoms with Crippen LogP contribution in [-0.2, 0) is 29.2 Å². The summed E-state index contributed by atoms with van der Waals surface area (Å²) in [6.45, 7) is 4.44. The molecule has 10 nitrogen and oxygen atoms in total. The molecule has 0 radical (unpaired) electrons. The second-order valence-corrected chi connectivity index (χ2v) is 11.8. The lowest BCUT2D eigenvalue weighted by Crippen LogP contribution is -2.51. The first kappa shape index (κ1) is 30.3. The number of allylic oxidation sites excluding steroid dienone is 1. The highest BCUT2D eigenvalue weighted by Crippen LogP contribution is 2.27. The predicted octanol–water partition coefficient (Wildman–Crippen LogP) is 3.84. The van der Waals surface area contributed by atoms with Crippen LogP contribution in [0.25, 0.3) is 6.08 Å². The number of ether oxygens (including phenoxy) is 1. The van der Waals surface area contributed by atoms with E-state index in [0.29, 0.717) is 19.4 Å². The lowest BCUT2D eigenvalue weighted by atomic mass is 9.82. The lowest BCUT2D eigenvalue weighted by Gasteiger charge is -2.30. The van der Waals surface area contributed by atoms with E-state index in [1.807, 2.05) is 32.1 Å². The average molecular weight is 559 g/mol. The fourth-order valence-corrected chi connectivity index (χ4v) is 5.09. The van der Waals surface area contributed by atoms with Crippen LogP contribution in [0.1, 0.15) is 51.5 Å². The maximum Gasteiger partial charge on any atom is 0.249 e. The molecule has 1 aromatic heterocycles. The van der Waals surface area contributed by atoms with Crippen molar-refractivity contribution in [1.82, 2.24) is 15.9 Å². The van der Waals surface area contributed by atoms with Crippen molar-refractivity contribution in [1.29, 1.82) is 0 Å². The van der Waals surface area contributed by atoms with Crippen LogP contribution in [0.4, 0.5) is 5.69 Å². The second-order valence-electron chi connectivity index (χ2n) is 9.99. The normalized spacial score (nSPS) is 17.5. The summed E-state index contributed by atoms with van der Waals surface area (Å²) >= 11 is 0. The van der Waals surface area contributed by atoms with Gasteiger partial charge in [0.25, 0.3) is 0 Å². The Bertz CT molecular complexity index is 1190. The van der Waals surface area contributed by atoms with E-state index < -0.39 is 40.0 Å². The third-order valence-corrected chi connectivity index (χ3v) is 7.20. The summed E-state index contributed by atoms with van der Waals surface area (Å²) in [5.74, 6) is -2.72. The number of hydrazine groups is 1. The minimum atomic E-state index is -3.86. The maximum atomic E-state index is 13.7. The van der Waals surface area contributed by atoms with Crippen LogP contribution in [0, 0.1) is 17.8 Å². The Morgan fingerprint density at radius 3 is 2.51 bits per heavy atom. The quantitative estimate of drug-likeness (QED) is 0.358. The van der Waals surface area contributed by atoms with Crippen molar-refractivity contribution < 1.29 is 27.6 Å². The Balaban J connectivity index is 1.86. The van der Waals surface area contributed by atoms with Crippen molar-refractivity contribution in [2.75, 3.05) is 17.3 Å². The molecule has 2 N–H and O–H groups in total. The first-order chi connectivity index (χ1) is 18.6. The number of pyridine rings is 1. The second kappa shape index (κ2) is 14.8. The molecule has 1 fully saturated rings. The molecule has 1 saturated heterocycles. The molecule has 3 atom stereocenters. The van der Waals surface area contributed by atoms with Crippen molar-refractivity contribution in [2.45, 2.75) is 52.2 Å². The van der Waals surface area contributed by atoms with E-state index in [0.717, 1.165) is 29.1 Å². The smallest absolute Gasteiger partial charge is 0.249 e. The van der Waals surface area contributed by atoms with E-state index in [9.17, 15) is 18.0 Å². The predicted molar refractivity (Wildman–Crippen MR) is 149 cm³/mol. The number of benzene rings is 1. The number of sulfonamides is 1. The molecule has 39 heavy (non-hydrogen) atoms. The molecule has 2 unspecified atom stereocenters. The average Bonchev–Trinajstić information content (AvgIpc) is 2.92. The van der Waals surface area contributed by atoms with Gasteiger partial charge in [-0.25, -0.2) is 18.7 Å². The zero-order valence-corrected chi connectivity index (χ0v) is 23.5. The summed E-state index contributed by atoms with van der Waals surface area (Å²) in [7, 11) is -3.86. The van der Waals surface area contributed by atoms with Gasteiger partial charge in [0.15, 0.2) is 6.29 Å². The number of rotatable bonds is 13. The van der Waals surface area contributed by atoms with Gasteiger partial charge in [-0.05, 0) is 55.4 Å². The minimum absolute atomic E-state index is 0.0457. The number of amides is 2. The molecule has 1 aromatic carbocycles. The van der Waals surface area contributed by atoms with Crippen LogP contribution < -0.4 is 15.3 Å². The van der Waals surface area contributed by atoms with Gasteiger partial charge >= 0.3 is 0 Å². The van der Waals surface area contributed by atoms with Gasteiger partial charge in [-0.3, -0.25) is 20.0 Å². The summed E-state index contributed by atoms with van der Waals surface area (Å²) in [6.07, 6.45) is 10.5. The van der Waals surface area contributed by atoms with Gasteiger partial charge in [-0.15, -0.1) is 0 Å². The summed E-state index contributed by atoms with van der Waals surface area (Å²) in [5.41, 5.74) is 6.19. The highest BCUT2D eigenvalue weighted by Gasteiger charge is 2.36. The first-order valence-electron chi connectivity index (χ1n) is 13.1. The number of carbonyl (C=O) groups is 2. The Kier molecular flexibility index (Phi) is 11.5. The molecule has 0 aliphatic carbocycles. The standard InChI is InChI=1S/C28H38N4O6S/c1-21(2)19-25(27(33)30-32(39(3,35)36)23-13-5-4-6-14-23)24(15-9-11-22-12-10-17-29-20-22)28(34)31-38-26-16-7-8-18-37-26/h4-6,9-14,17,20-21,24-26H,7-8,15-16,18-19H2,1-3H3,(H,30,33)(H,31,34)/t24?,25?,26-/m1/s1. The van der Waals surface area contributed by atoms with E-state index in [1.54, 1.807) is 48.8 Å². The summed E-state index contributed by atoms with van der Waals surface area (Å²) in [6, 6.07) is 11.9. The highest BCUT2D eigenvalue weighted by molar-refractivity contribution is 7.92. The van der Waals surface area contributed by atoms with Crippen LogP contribution in [0.3, 0.4) is 0 Å². The van der Waals surface area contributed by atoms with Crippen molar-refractivity contribution in [3.05, 3.63) is 66.5 Å². The van der Waals surface area contributed by atoms with Gasteiger partial charge in [0.2, 0.25) is 21.8 Å². The Labute approximate surface area is 230 Å². The van der Waals surface area contributed by atoms with E-state index in [-0.39, 0.29) is 18.0 Å². The van der Waals surface area contributed by atoms with Crippen molar-refractivity contribution >= 4 is 33.6 Å². The van der Waals surface area contributed by atoms with Gasteiger partial charge in [0, 0.05) is 25.4 Å². The molecule has 3 rings (SSSR count). The van der Waals surface area contributed by atoms with Crippen molar-refractivity contribution in [3.63, 3.8) is 0 Å². The van der Waals surface area contributed by atoms with Crippen LogP contribution in [0.5, 0.6) is 0 Å². The van der Waals surface area contributed by atoms with Crippen molar-refractivity contribution in [3.8, 4) is 0 Å². The molecule has 1 aliphatic heterocycles.